The predicted octanol–water partition coefficient (Wildman–Crippen LogP) is 1.32. The second kappa shape index (κ2) is 8.14. The second-order valence-electron chi connectivity index (χ2n) is 6.77. The number of aromatic nitrogens is 4. The van der Waals surface area contributed by atoms with Crippen molar-refractivity contribution >= 4 is 21.0 Å². The zero-order valence-electron chi connectivity index (χ0n) is 16.0. The highest BCUT2D eigenvalue weighted by atomic mass is 32.2. The van der Waals surface area contributed by atoms with E-state index < -0.39 is 21.1 Å². The quantitative estimate of drug-likeness (QED) is 0.609. The number of imidazole rings is 1. The number of nitrogens with one attached hydrogen (secondary N) is 1. The molecule has 3 rings (SSSR count). The minimum absolute atomic E-state index is 0.134. The summed E-state index contributed by atoms with van der Waals surface area (Å²) in [7, 11) is -3.01. The highest BCUT2D eigenvalue weighted by Crippen LogP contribution is 2.11. The monoisotopic (exact) mass is 404 g/mol. The van der Waals surface area contributed by atoms with Gasteiger partial charge in [0.15, 0.2) is 21.0 Å². The SMILES string of the molecule is CCCS(=O)(=O)CCc1ccc(Cn2c(=O)[nH]c(=O)c3c2ncn3CC)cc1. The molecule has 1 aromatic carbocycles. The van der Waals surface area contributed by atoms with Crippen LogP contribution in [0, 0.1) is 0 Å². The molecule has 0 aliphatic rings. The molecule has 3 aromatic rings. The molecule has 2 heterocycles. The molecule has 1 N–H and O–H groups in total. The first kappa shape index (κ1) is 20.1. The lowest BCUT2D eigenvalue weighted by Gasteiger charge is -2.08. The third-order valence-electron chi connectivity index (χ3n) is 4.68. The van der Waals surface area contributed by atoms with E-state index in [1.165, 1.54) is 4.57 Å². The van der Waals surface area contributed by atoms with Gasteiger partial charge in [-0.15, -0.1) is 0 Å². The van der Waals surface area contributed by atoms with Crippen LogP contribution < -0.4 is 11.2 Å². The summed E-state index contributed by atoms with van der Waals surface area (Å²) in [5, 5.41) is 0. The number of hydrogen-bond acceptors (Lipinski definition) is 5. The second-order valence-corrected chi connectivity index (χ2v) is 9.07. The number of benzene rings is 1. The van der Waals surface area contributed by atoms with Crippen LogP contribution in [0.25, 0.3) is 11.2 Å². The lowest BCUT2D eigenvalue weighted by molar-refractivity contribution is 0.594. The van der Waals surface area contributed by atoms with E-state index >= 15 is 0 Å². The van der Waals surface area contributed by atoms with Crippen molar-refractivity contribution in [3.05, 3.63) is 62.6 Å². The number of hydrogen-bond donors (Lipinski definition) is 1. The number of rotatable bonds is 8. The van der Waals surface area contributed by atoms with Crippen LogP contribution in [0.2, 0.25) is 0 Å². The summed E-state index contributed by atoms with van der Waals surface area (Å²) >= 11 is 0. The maximum Gasteiger partial charge on any atom is 0.330 e. The lowest BCUT2D eigenvalue weighted by atomic mass is 10.1. The molecular formula is C19H24N4O4S. The summed E-state index contributed by atoms with van der Waals surface area (Å²) in [6, 6.07) is 7.47. The molecule has 0 radical (unpaired) electrons. The summed E-state index contributed by atoms with van der Waals surface area (Å²) in [5.41, 5.74) is 1.57. The number of aromatic amines is 1. The van der Waals surface area contributed by atoms with E-state index in [4.69, 9.17) is 0 Å². The Morgan fingerprint density at radius 1 is 1.04 bits per heavy atom. The molecule has 9 heteroatoms. The molecule has 0 fully saturated rings. The van der Waals surface area contributed by atoms with Crippen molar-refractivity contribution in [3.63, 3.8) is 0 Å². The summed E-state index contributed by atoms with van der Waals surface area (Å²) < 4.78 is 26.8. The molecule has 0 spiro atoms. The largest absolute Gasteiger partial charge is 0.330 e. The smallest absolute Gasteiger partial charge is 0.325 e. The average molecular weight is 404 g/mol. The van der Waals surface area contributed by atoms with Gasteiger partial charge in [0, 0.05) is 12.3 Å². The molecule has 0 saturated heterocycles. The van der Waals surface area contributed by atoms with Crippen LogP contribution in [0.5, 0.6) is 0 Å². The first-order valence-electron chi connectivity index (χ1n) is 9.30. The Labute approximate surface area is 162 Å². The standard InChI is InChI=1S/C19H24N4O4S/c1-3-10-28(26,27)11-9-14-5-7-15(8-6-14)12-23-17-16(18(24)21-19(23)25)22(4-2)13-20-17/h5-8,13H,3-4,9-12H2,1-2H3,(H,21,24,25). The average Bonchev–Trinajstić information content (AvgIpc) is 3.09. The van der Waals surface area contributed by atoms with Gasteiger partial charge in [-0.2, -0.15) is 0 Å². The number of sulfone groups is 1. The van der Waals surface area contributed by atoms with Crippen molar-refractivity contribution in [2.45, 2.75) is 39.8 Å². The van der Waals surface area contributed by atoms with Crippen molar-refractivity contribution < 1.29 is 8.42 Å². The zero-order chi connectivity index (χ0) is 20.3. The minimum atomic E-state index is -3.01. The van der Waals surface area contributed by atoms with E-state index in [-0.39, 0.29) is 18.1 Å². The fourth-order valence-electron chi connectivity index (χ4n) is 3.19. The van der Waals surface area contributed by atoms with Gasteiger partial charge < -0.3 is 4.57 Å². The van der Waals surface area contributed by atoms with Gasteiger partial charge in [0.1, 0.15) is 0 Å². The molecule has 0 unspecified atom stereocenters. The molecule has 2 aromatic heterocycles. The number of nitrogens with zero attached hydrogens (tertiary/aromatic N) is 3. The van der Waals surface area contributed by atoms with Crippen LogP contribution >= 0.6 is 0 Å². The summed E-state index contributed by atoms with van der Waals surface area (Å²) in [4.78, 5) is 31.0. The first-order valence-corrected chi connectivity index (χ1v) is 11.1. The Morgan fingerprint density at radius 3 is 2.36 bits per heavy atom. The lowest BCUT2D eigenvalue weighted by Crippen LogP contribution is -2.31. The minimum Gasteiger partial charge on any atom is -0.325 e. The molecular weight excluding hydrogens is 380 g/mol. The van der Waals surface area contributed by atoms with E-state index in [1.54, 1.807) is 10.9 Å². The predicted molar refractivity (Wildman–Crippen MR) is 108 cm³/mol. The number of H-pyrrole nitrogens is 1. The molecule has 0 aliphatic carbocycles. The van der Waals surface area contributed by atoms with Crippen LogP contribution in [0.4, 0.5) is 0 Å². The molecule has 0 atom stereocenters. The van der Waals surface area contributed by atoms with E-state index in [0.29, 0.717) is 30.6 Å². The van der Waals surface area contributed by atoms with Gasteiger partial charge in [0.05, 0.1) is 18.6 Å². The molecule has 0 bridgehead atoms. The first-order chi connectivity index (χ1) is 13.3. The molecule has 0 aliphatic heterocycles. The van der Waals surface area contributed by atoms with Gasteiger partial charge in [0.25, 0.3) is 5.56 Å². The topological polar surface area (TPSA) is 107 Å². The normalized spacial score (nSPS) is 11.9. The van der Waals surface area contributed by atoms with Crippen molar-refractivity contribution in [2.75, 3.05) is 11.5 Å². The molecule has 28 heavy (non-hydrogen) atoms. The molecule has 0 amide bonds. The maximum atomic E-state index is 12.3. The van der Waals surface area contributed by atoms with Gasteiger partial charge in [-0.1, -0.05) is 31.2 Å². The van der Waals surface area contributed by atoms with Crippen LogP contribution in [-0.4, -0.2) is 39.0 Å². The Hall–Kier alpha value is -2.68. The van der Waals surface area contributed by atoms with Crippen molar-refractivity contribution in [3.8, 4) is 0 Å². The Kier molecular flexibility index (Phi) is 5.83. The van der Waals surface area contributed by atoms with Crippen LogP contribution in [-0.2, 0) is 29.3 Å². The fraction of sp³-hybridized carbons (Fsp3) is 0.421. The van der Waals surface area contributed by atoms with Gasteiger partial charge >= 0.3 is 5.69 Å². The van der Waals surface area contributed by atoms with Crippen molar-refractivity contribution in [1.29, 1.82) is 0 Å². The summed E-state index contributed by atoms with van der Waals surface area (Å²) in [6.07, 6.45) is 2.64. The van der Waals surface area contributed by atoms with Crippen molar-refractivity contribution in [1.82, 2.24) is 19.1 Å². The highest BCUT2D eigenvalue weighted by molar-refractivity contribution is 7.91. The number of fused-ring (bicyclic) bond motifs is 1. The molecule has 150 valence electrons. The zero-order valence-corrected chi connectivity index (χ0v) is 16.8. The Balaban J connectivity index is 1.82. The van der Waals surface area contributed by atoms with E-state index in [9.17, 15) is 18.0 Å². The van der Waals surface area contributed by atoms with Crippen LogP contribution in [0.1, 0.15) is 31.4 Å². The molecule has 8 nitrogen and oxygen atoms in total. The van der Waals surface area contributed by atoms with Crippen LogP contribution in [0.15, 0.2) is 40.2 Å². The summed E-state index contributed by atoms with van der Waals surface area (Å²) in [6.45, 7) is 4.59. The van der Waals surface area contributed by atoms with Crippen LogP contribution in [0.3, 0.4) is 0 Å². The summed E-state index contributed by atoms with van der Waals surface area (Å²) in [5.74, 6) is 0.343. The third-order valence-corrected chi connectivity index (χ3v) is 6.53. The van der Waals surface area contributed by atoms with Gasteiger partial charge in [-0.3, -0.25) is 14.3 Å². The van der Waals surface area contributed by atoms with E-state index in [2.05, 4.69) is 9.97 Å². The highest BCUT2D eigenvalue weighted by Gasteiger charge is 2.13. The van der Waals surface area contributed by atoms with Gasteiger partial charge in [0.2, 0.25) is 0 Å². The van der Waals surface area contributed by atoms with Gasteiger partial charge in [-0.25, -0.2) is 18.2 Å². The van der Waals surface area contributed by atoms with E-state index in [1.807, 2.05) is 38.1 Å². The fourth-order valence-corrected chi connectivity index (χ4v) is 4.56. The Morgan fingerprint density at radius 2 is 1.71 bits per heavy atom. The molecule has 0 saturated carbocycles. The number of aryl methyl sites for hydroxylation is 2. The van der Waals surface area contributed by atoms with Crippen molar-refractivity contribution in [2.24, 2.45) is 0 Å². The Bertz CT molecular complexity index is 1190. The maximum absolute atomic E-state index is 12.3. The van der Waals surface area contributed by atoms with Gasteiger partial charge in [-0.05, 0) is 30.9 Å². The third kappa shape index (κ3) is 4.24. The van der Waals surface area contributed by atoms with E-state index in [0.717, 1.165) is 11.1 Å².